The number of alkyl halides is 1. The van der Waals surface area contributed by atoms with Crippen molar-refractivity contribution >= 4 is 21.8 Å². The number of amides is 1. The van der Waals surface area contributed by atoms with E-state index in [1.807, 2.05) is 31.7 Å². The molecule has 0 aliphatic carbocycles. The third-order valence-electron chi connectivity index (χ3n) is 3.36. The number of carbonyl (C=O) groups excluding carboxylic acids is 1. The molecule has 1 aromatic rings. The molecule has 19 heavy (non-hydrogen) atoms. The van der Waals surface area contributed by atoms with Crippen LogP contribution in [0.15, 0.2) is 6.07 Å². The van der Waals surface area contributed by atoms with Gasteiger partial charge in [-0.05, 0) is 26.8 Å². The molecule has 1 aliphatic rings. The lowest BCUT2D eigenvalue weighted by Gasteiger charge is -2.37. The van der Waals surface area contributed by atoms with Crippen LogP contribution in [-0.4, -0.2) is 51.2 Å². The Morgan fingerprint density at radius 2 is 2.37 bits per heavy atom. The van der Waals surface area contributed by atoms with Crippen molar-refractivity contribution in [3.05, 3.63) is 17.5 Å². The van der Waals surface area contributed by atoms with Gasteiger partial charge in [0.25, 0.3) is 5.91 Å². The highest BCUT2D eigenvalue weighted by Gasteiger charge is 2.31. The SMILES string of the molecule is CCn1nc(C)cc1C(=O)N1CC(CBr)OCC1C. The second-order valence-corrected chi connectivity index (χ2v) is 5.55. The molecular formula is C13H20BrN3O2. The molecule has 2 unspecified atom stereocenters. The Morgan fingerprint density at radius 3 is 3.00 bits per heavy atom. The fourth-order valence-electron chi connectivity index (χ4n) is 2.30. The molecule has 2 atom stereocenters. The van der Waals surface area contributed by atoms with Gasteiger partial charge in [-0.25, -0.2) is 0 Å². The maximum absolute atomic E-state index is 12.7. The molecule has 6 heteroatoms. The number of ether oxygens (including phenoxy) is 1. The molecular weight excluding hydrogens is 310 g/mol. The lowest BCUT2D eigenvalue weighted by Crippen LogP contribution is -2.51. The number of aryl methyl sites for hydroxylation is 2. The average molecular weight is 330 g/mol. The van der Waals surface area contributed by atoms with Gasteiger partial charge in [0.05, 0.1) is 24.4 Å². The zero-order valence-electron chi connectivity index (χ0n) is 11.6. The maximum Gasteiger partial charge on any atom is 0.272 e. The van der Waals surface area contributed by atoms with Crippen molar-refractivity contribution in [2.24, 2.45) is 0 Å². The Kier molecular flexibility index (Phi) is 4.62. The van der Waals surface area contributed by atoms with Crippen molar-refractivity contribution in [3.8, 4) is 0 Å². The van der Waals surface area contributed by atoms with E-state index in [4.69, 9.17) is 4.74 Å². The number of carbonyl (C=O) groups is 1. The van der Waals surface area contributed by atoms with Gasteiger partial charge in [0.1, 0.15) is 5.69 Å². The third kappa shape index (κ3) is 3.00. The second kappa shape index (κ2) is 6.05. The predicted molar refractivity (Wildman–Crippen MR) is 76.7 cm³/mol. The largest absolute Gasteiger partial charge is 0.373 e. The fraction of sp³-hybridized carbons (Fsp3) is 0.692. The quantitative estimate of drug-likeness (QED) is 0.795. The Bertz CT molecular complexity index is 461. The highest BCUT2D eigenvalue weighted by atomic mass is 79.9. The number of hydrogen-bond acceptors (Lipinski definition) is 3. The summed E-state index contributed by atoms with van der Waals surface area (Å²) in [5, 5.41) is 5.08. The van der Waals surface area contributed by atoms with Crippen LogP contribution in [-0.2, 0) is 11.3 Å². The van der Waals surface area contributed by atoms with E-state index < -0.39 is 0 Å². The first kappa shape index (κ1) is 14.5. The summed E-state index contributed by atoms with van der Waals surface area (Å²) < 4.78 is 7.42. The number of halogens is 1. The summed E-state index contributed by atoms with van der Waals surface area (Å²) in [6.07, 6.45) is 0.0687. The van der Waals surface area contributed by atoms with E-state index in [1.165, 1.54) is 0 Å². The minimum Gasteiger partial charge on any atom is -0.373 e. The molecule has 2 heterocycles. The lowest BCUT2D eigenvalue weighted by atomic mass is 10.2. The first-order chi connectivity index (χ1) is 9.06. The van der Waals surface area contributed by atoms with Gasteiger partial charge in [-0.1, -0.05) is 15.9 Å². The van der Waals surface area contributed by atoms with Gasteiger partial charge in [-0.15, -0.1) is 0 Å². The van der Waals surface area contributed by atoms with Crippen LogP contribution in [0.1, 0.15) is 30.0 Å². The zero-order chi connectivity index (χ0) is 14.0. The molecule has 1 saturated heterocycles. The molecule has 5 nitrogen and oxygen atoms in total. The molecule has 0 radical (unpaired) electrons. The molecule has 1 aromatic heterocycles. The Balaban J connectivity index is 2.21. The summed E-state index contributed by atoms with van der Waals surface area (Å²) in [5.41, 5.74) is 1.55. The minimum atomic E-state index is 0.0456. The number of hydrogen-bond donors (Lipinski definition) is 0. The van der Waals surface area contributed by atoms with Crippen molar-refractivity contribution in [2.45, 2.75) is 39.5 Å². The molecule has 106 valence electrons. The van der Waals surface area contributed by atoms with Gasteiger partial charge in [0, 0.05) is 18.4 Å². The van der Waals surface area contributed by atoms with E-state index in [0.29, 0.717) is 25.4 Å². The summed E-state index contributed by atoms with van der Waals surface area (Å²) in [6.45, 7) is 7.83. The number of aromatic nitrogens is 2. The summed E-state index contributed by atoms with van der Waals surface area (Å²) in [6, 6.07) is 1.96. The van der Waals surface area contributed by atoms with Crippen LogP contribution in [0.4, 0.5) is 0 Å². The zero-order valence-corrected chi connectivity index (χ0v) is 13.2. The highest BCUT2D eigenvalue weighted by Crippen LogP contribution is 2.17. The van der Waals surface area contributed by atoms with Gasteiger partial charge in [0.15, 0.2) is 0 Å². The first-order valence-electron chi connectivity index (χ1n) is 6.59. The number of morpholine rings is 1. The molecule has 0 bridgehead atoms. The van der Waals surface area contributed by atoms with E-state index in [9.17, 15) is 4.79 Å². The topological polar surface area (TPSA) is 47.4 Å². The van der Waals surface area contributed by atoms with Crippen LogP contribution < -0.4 is 0 Å². The molecule has 0 aromatic carbocycles. The Morgan fingerprint density at radius 1 is 1.63 bits per heavy atom. The molecule has 0 spiro atoms. The van der Waals surface area contributed by atoms with Gasteiger partial charge >= 0.3 is 0 Å². The van der Waals surface area contributed by atoms with Crippen molar-refractivity contribution in [3.63, 3.8) is 0 Å². The van der Waals surface area contributed by atoms with Gasteiger partial charge in [-0.2, -0.15) is 5.10 Å². The molecule has 1 aliphatic heterocycles. The average Bonchev–Trinajstić information content (AvgIpc) is 2.79. The maximum atomic E-state index is 12.7. The molecule has 2 rings (SSSR count). The lowest BCUT2D eigenvalue weighted by molar-refractivity contribution is -0.0365. The third-order valence-corrected chi connectivity index (χ3v) is 4.08. The Labute approximate surface area is 122 Å². The molecule has 1 fully saturated rings. The van der Waals surface area contributed by atoms with Crippen molar-refractivity contribution in [1.82, 2.24) is 14.7 Å². The van der Waals surface area contributed by atoms with E-state index in [2.05, 4.69) is 21.0 Å². The summed E-state index contributed by atoms with van der Waals surface area (Å²) in [7, 11) is 0. The van der Waals surface area contributed by atoms with Crippen molar-refractivity contribution < 1.29 is 9.53 Å². The smallest absolute Gasteiger partial charge is 0.272 e. The predicted octanol–water partition coefficient (Wildman–Crippen LogP) is 1.84. The molecule has 1 amide bonds. The second-order valence-electron chi connectivity index (χ2n) is 4.90. The minimum absolute atomic E-state index is 0.0456. The van der Waals surface area contributed by atoms with E-state index in [-0.39, 0.29) is 18.1 Å². The van der Waals surface area contributed by atoms with Crippen LogP contribution >= 0.6 is 15.9 Å². The van der Waals surface area contributed by atoms with E-state index in [0.717, 1.165) is 11.0 Å². The van der Waals surface area contributed by atoms with Gasteiger partial charge in [0.2, 0.25) is 0 Å². The van der Waals surface area contributed by atoms with Gasteiger partial charge < -0.3 is 9.64 Å². The standard InChI is InChI=1S/C13H20BrN3O2/c1-4-17-12(5-9(2)15-17)13(18)16-7-11(6-14)19-8-10(16)3/h5,10-11H,4,6-8H2,1-3H3. The highest BCUT2D eigenvalue weighted by molar-refractivity contribution is 9.09. The van der Waals surface area contributed by atoms with Crippen LogP contribution in [0.25, 0.3) is 0 Å². The fourth-order valence-corrected chi connectivity index (χ4v) is 2.69. The summed E-state index contributed by atoms with van der Waals surface area (Å²) >= 11 is 3.42. The summed E-state index contributed by atoms with van der Waals surface area (Å²) in [4.78, 5) is 14.5. The summed E-state index contributed by atoms with van der Waals surface area (Å²) in [5.74, 6) is 0.0456. The van der Waals surface area contributed by atoms with E-state index >= 15 is 0 Å². The number of nitrogens with zero attached hydrogens (tertiary/aromatic N) is 3. The molecule has 0 N–H and O–H groups in total. The molecule has 0 saturated carbocycles. The van der Waals surface area contributed by atoms with Crippen LogP contribution in [0.2, 0.25) is 0 Å². The van der Waals surface area contributed by atoms with Crippen molar-refractivity contribution in [2.75, 3.05) is 18.5 Å². The first-order valence-corrected chi connectivity index (χ1v) is 7.72. The van der Waals surface area contributed by atoms with Crippen LogP contribution in [0.3, 0.4) is 0 Å². The van der Waals surface area contributed by atoms with E-state index in [1.54, 1.807) is 4.68 Å². The van der Waals surface area contributed by atoms with Gasteiger partial charge in [-0.3, -0.25) is 9.48 Å². The Hall–Kier alpha value is -0.880. The number of rotatable bonds is 3. The van der Waals surface area contributed by atoms with Crippen LogP contribution in [0, 0.1) is 6.92 Å². The normalized spacial score (nSPS) is 23.7. The van der Waals surface area contributed by atoms with Crippen molar-refractivity contribution in [1.29, 1.82) is 0 Å². The monoisotopic (exact) mass is 329 g/mol. The van der Waals surface area contributed by atoms with Crippen LogP contribution in [0.5, 0.6) is 0 Å².